The molecule has 1 atom stereocenters. The highest BCUT2D eigenvalue weighted by Gasteiger charge is 2.16. The van der Waals surface area contributed by atoms with Crippen LogP contribution >= 0.6 is 0 Å². The van der Waals surface area contributed by atoms with Crippen LogP contribution in [-0.4, -0.2) is 30.1 Å². The summed E-state index contributed by atoms with van der Waals surface area (Å²) in [6, 6.07) is 4.72. The Hall–Kier alpha value is -2.04. The molecule has 2 N–H and O–H groups in total. The number of carbonyl (C=O) groups excluding carboxylic acids is 1. The van der Waals surface area contributed by atoms with Gasteiger partial charge in [-0.05, 0) is 26.0 Å². The molecule has 0 aromatic heterocycles. The number of rotatable bonds is 4. The van der Waals surface area contributed by atoms with E-state index in [0.717, 1.165) is 0 Å². The lowest BCUT2D eigenvalue weighted by molar-refractivity contribution is -0.126. The standard InChI is InChI=1S/C12H15NO4/c1-7-9(12(15)16)5-4-6-10(7)17-8(2)11(14)13-3/h4-6,8H,1-3H3,(H,13,14)(H,15,16). The average molecular weight is 237 g/mol. The van der Waals surface area contributed by atoms with Gasteiger partial charge in [0.25, 0.3) is 5.91 Å². The molecule has 0 bridgehead atoms. The molecule has 1 amide bonds. The van der Waals surface area contributed by atoms with Gasteiger partial charge >= 0.3 is 5.97 Å². The van der Waals surface area contributed by atoms with Crippen LogP contribution in [0, 0.1) is 6.92 Å². The van der Waals surface area contributed by atoms with Gasteiger partial charge in [0.2, 0.25) is 0 Å². The van der Waals surface area contributed by atoms with Crippen molar-refractivity contribution >= 4 is 11.9 Å². The molecule has 0 aliphatic heterocycles. The van der Waals surface area contributed by atoms with Crippen LogP contribution in [0.4, 0.5) is 0 Å². The molecule has 92 valence electrons. The molecule has 0 aliphatic rings. The zero-order valence-corrected chi connectivity index (χ0v) is 9.98. The summed E-state index contributed by atoms with van der Waals surface area (Å²) in [5.74, 6) is -0.869. The van der Waals surface area contributed by atoms with Gasteiger partial charge < -0.3 is 15.2 Å². The highest BCUT2D eigenvalue weighted by Crippen LogP contribution is 2.22. The first-order valence-corrected chi connectivity index (χ1v) is 5.18. The summed E-state index contributed by atoms with van der Waals surface area (Å²) in [4.78, 5) is 22.2. The van der Waals surface area contributed by atoms with Crippen LogP contribution in [0.25, 0.3) is 0 Å². The van der Waals surface area contributed by atoms with Crippen LogP contribution in [0.15, 0.2) is 18.2 Å². The number of likely N-dealkylation sites (N-methyl/N-ethyl adjacent to an activating group) is 1. The van der Waals surface area contributed by atoms with E-state index < -0.39 is 12.1 Å². The maximum Gasteiger partial charge on any atom is 0.336 e. The SMILES string of the molecule is CNC(=O)C(C)Oc1cccc(C(=O)O)c1C. The summed E-state index contributed by atoms with van der Waals surface area (Å²) in [6.45, 7) is 3.25. The Bertz CT molecular complexity index is 442. The van der Waals surface area contributed by atoms with Crippen molar-refractivity contribution in [1.82, 2.24) is 5.32 Å². The van der Waals surface area contributed by atoms with Gasteiger partial charge in [0.1, 0.15) is 5.75 Å². The van der Waals surface area contributed by atoms with Crippen molar-refractivity contribution < 1.29 is 19.4 Å². The summed E-state index contributed by atoms with van der Waals surface area (Å²) in [7, 11) is 1.52. The maximum atomic E-state index is 11.3. The Labute approximate surface area is 99.4 Å². The lowest BCUT2D eigenvalue weighted by Crippen LogP contribution is -2.33. The molecule has 0 radical (unpaired) electrons. The molecule has 1 aromatic carbocycles. The fourth-order valence-electron chi connectivity index (χ4n) is 1.42. The lowest BCUT2D eigenvalue weighted by atomic mass is 10.1. The summed E-state index contributed by atoms with van der Waals surface area (Å²) in [5.41, 5.74) is 0.683. The van der Waals surface area contributed by atoms with E-state index in [1.54, 1.807) is 26.0 Å². The quantitative estimate of drug-likeness (QED) is 0.825. The molecule has 0 spiro atoms. The van der Waals surface area contributed by atoms with Crippen LogP contribution < -0.4 is 10.1 Å². The van der Waals surface area contributed by atoms with Gasteiger partial charge in [0, 0.05) is 12.6 Å². The average Bonchev–Trinajstić information content (AvgIpc) is 2.30. The number of carboxylic acids is 1. The summed E-state index contributed by atoms with van der Waals surface area (Å²) in [6.07, 6.45) is -0.664. The number of benzene rings is 1. The third-order valence-electron chi connectivity index (χ3n) is 2.43. The van der Waals surface area contributed by atoms with E-state index in [-0.39, 0.29) is 11.5 Å². The Morgan fingerprint density at radius 3 is 2.59 bits per heavy atom. The van der Waals surface area contributed by atoms with Crippen molar-refractivity contribution in [3.63, 3.8) is 0 Å². The first-order valence-electron chi connectivity index (χ1n) is 5.18. The molecule has 17 heavy (non-hydrogen) atoms. The maximum absolute atomic E-state index is 11.3. The fourth-order valence-corrected chi connectivity index (χ4v) is 1.42. The van der Waals surface area contributed by atoms with Crippen molar-refractivity contribution in [1.29, 1.82) is 0 Å². The van der Waals surface area contributed by atoms with Crippen LogP contribution in [0.2, 0.25) is 0 Å². The smallest absolute Gasteiger partial charge is 0.336 e. The predicted octanol–water partition coefficient (Wildman–Crippen LogP) is 1.21. The van der Waals surface area contributed by atoms with E-state index in [0.29, 0.717) is 11.3 Å². The van der Waals surface area contributed by atoms with Gasteiger partial charge in [-0.1, -0.05) is 6.07 Å². The molecule has 0 saturated carbocycles. The Morgan fingerprint density at radius 1 is 1.41 bits per heavy atom. The molecule has 1 unspecified atom stereocenters. The number of carboxylic acid groups (broad SMARTS) is 1. The van der Waals surface area contributed by atoms with Gasteiger partial charge in [-0.15, -0.1) is 0 Å². The third-order valence-corrected chi connectivity index (χ3v) is 2.43. The van der Waals surface area contributed by atoms with Crippen molar-refractivity contribution in [3.8, 4) is 5.75 Å². The van der Waals surface area contributed by atoms with Crippen LogP contribution in [-0.2, 0) is 4.79 Å². The molecule has 1 rings (SSSR count). The molecule has 5 heteroatoms. The fraction of sp³-hybridized carbons (Fsp3) is 0.333. The van der Waals surface area contributed by atoms with E-state index >= 15 is 0 Å². The number of aromatic carboxylic acids is 1. The van der Waals surface area contributed by atoms with Crippen molar-refractivity contribution in [3.05, 3.63) is 29.3 Å². The highest BCUT2D eigenvalue weighted by atomic mass is 16.5. The first-order chi connectivity index (χ1) is 7.97. The summed E-state index contributed by atoms with van der Waals surface area (Å²) >= 11 is 0. The summed E-state index contributed by atoms with van der Waals surface area (Å²) in [5, 5.41) is 11.4. The first kappa shape index (κ1) is 13.0. The lowest BCUT2D eigenvalue weighted by Gasteiger charge is -2.15. The highest BCUT2D eigenvalue weighted by molar-refractivity contribution is 5.90. The minimum Gasteiger partial charge on any atom is -0.481 e. The van der Waals surface area contributed by atoms with E-state index in [2.05, 4.69) is 5.32 Å². The molecule has 0 aliphatic carbocycles. The normalized spacial score (nSPS) is 11.7. The molecular formula is C12H15NO4. The second kappa shape index (κ2) is 5.34. The molecule has 0 fully saturated rings. The molecule has 0 heterocycles. The van der Waals surface area contributed by atoms with Crippen molar-refractivity contribution in [2.75, 3.05) is 7.05 Å². The van der Waals surface area contributed by atoms with Gasteiger partial charge in [-0.3, -0.25) is 4.79 Å². The monoisotopic (exact) mass is 237 g/mol. The van der Waals surface area contributed by atoms with Gasteiger partial charge in [-0.25, -0.2) is 4.79 Å². The number of hydrogen-bond acceptors (Lipinski definition) is 3. The molecular weight excluding hydrogens is 222 g/mol. The largest absolute Gasteiger partial charge is 0.481 e. The van der Waals surface area contributed by atoms with Crippen molar-refractivity contribution in [2.24, 2.45) is 0 Å². The van der Waals surface area contributed by atoms with Gasteiger partial charge in [0.15, 0.2) is 6.10 Å². The van der Waals surface area contributed by atoms with E-state index in [4.69, 9.17) is 9.84 Å². The zero-order valence-electron chi connectivity index (χ0n) is 9.98. The van der Waals surface area contributed by atoms with Crippen LogP contribution in [0.3, 0.4) is 0 Å². The van der Waals surface area contributed by atoms with Crippen molar-refractivity contribution in [2.45, 2.75) is 20.0 Å². The Kier molecular flexibility index (Phi) is 4.09. The van der Waals surface area contributed by atoms with Crippen LogP contribution in [0.5, 0.6) is 5.75 Å². The Morgan fingerprint density at radius 2 is 2.06 bits per heavy atom. The minimum absolute atomic E-state index is 0.173. The topological polar surface area (TPSA) is 75.6 Å². The minimum atomic E-state index is -1.01. The third kappa shape index (κ3) is 2.96. The second-order valence-electron chi connectivity index (χ2n) is 3.61. The Balaban J connectivity index is 2.96. The number of carbonyl (C=O) groups is 2. The number of ether oxygens (including phenoxy) is 1. The van der Waals surface area contributed by atoms with Gasteiger partial charge in [0.05, 0.1) is 5.56 Å². The van der Waals surface area contributed by atoms with E-state index in [1.165, 1.54) is 13.1 Å². The molecule has 0 saturated heterocycles. The second-order valence-corrected chi connectivity index (χ2v) is 3.61. The molecule has 1 aromatic rings. The van der Waals surface area contributed by atoms with E-state index in [9.17, 15) is 9.59 Å². The molecule has 5 nitrogen and oxygen atoms in total. The number of nitrogens with one attached hydrogen (secondary N) is 1. The van der Waals surface area contributed by atoms with Gasteiger partial charge in [-0.2, -0.15) is 0 Å². The predicted molar refractivity (Wildman–Crippen MR) is 62.3 cm³/mol. The number of hydrogen-bond donors (Lipinski definition) is 2. The summed E-state index contributed by atoms with van der Waals surface area (Å²) < 4.78 is 5.41. The zero-order chi connectivity index (χ0) is 13.0. The number of amides is 1. The van der Waals surface area contributed by atoms with E-state index in [1.807, 2.05) is 0 Å². The van der Waals surface area contributed by atoms with Crippen LogP contribution in [0.1, 0.15) is 22.8 Å².